The number of fused-ring (bicyclic) bond motifs is 1. The third kappa shape index (κ3) is 3.66. The van der Waals surface area contributed by atoms with Gasteiger partial charge in [-0.3, -0.25) is 0 Å². The summed E-state index contributed by atoms with van der Waals surface area (Å²) in [4.78, 5) is 11.9. The normalized spacial score (nSPS) is 17.7. The second-order valence-electron chi connectivity index (χ2n) is 7.98. The monoisotopic (exact) mass is 401 g/mol. The predicted octanol–water partition coefficient (Wildman–Crippen LogP) is 5.56. The molecule has 2 aromatic rings. The van der Waals surface area contributed by atoms with Crippen molar-refractivity contribution in [2.75, 3.05) is 19.0 Å². The van der Waals surface area contributed by atoms with Crippen molar-refractivity contribution in [3.63, 3.8) is 0 Å². The first-order valence-corrected chi connectivity index (χ1v) is 10.6. The molecule has 5 heteroatoms. The minimum atomic E-state index is -0.200. The van der Waals surface area contributed by atoms with Crippen molar-refractivity contribution in [2.45, 2.75) is 38.5 Å². The number of rotatable bonds is 6. The van der Waals surface area contributed by atoms with Crippen LogP contribution in [0.4, 0.5) is 10.5 Å². The standard InChI is InChI=1S/C25H27N3O2/c1-3-13-27-25(29)28-18-9-7-17(8-10-18)24-22(15-26)21-14-19(30-2)11-12-20(21)23(24)16-5-4-6-16/h7-12,14,16,23H,3-6,13H2,1-2H3,(H2,27,28,29). The summed E-state index contributed by atoms with van der Waals surface area (Å²) < 4.78 is 5.41. The lowest BCUT2D eigenvalue weighted by Crippen LogP contribution is -2.29. The molecule has 2 aliphatic carbocycles. The van der Waals surface area contributed by atoms with E-state index in [2.05, 4.69) is 22.8 Å². The van der Waals surface area contributed by atoms with Gasteiger partial charge in [-0.05, 0) is 66.1 Å². The highest BCUT2D eigenvalue weighted by molar-refractivity contribution is 6.05. The van der Waals surface area contributed by atoms with Crippen LogP contribution >= 0.6 is 0 Å². The molecule has 1 saturated carbocycles. The summed E-state index contributed by atoms with van der Waals surface area (Å²) >= 11 is 0. The molecule has 2 aliphatic rings. The van der Waals surface area contributed by atoms with Gasteiger partial charge in [-0.15, -0.1) is 0 Å². The fourth-order valence-corrected chi connectivity index (χ4v) is 4.46. The third-order valence-electron chi connectivity index (χ3n) is 6.17. The van der Waals surface area contributed by atoms with Crippen molar-refractivity contribution >= 4 is 22.9 Å². The Kier molecular flexibility index (Phi) is 5.76. The van der Waals surface area contributed by atoms with Crippen LogP contribution in [0.15, 0.2) is 42.5 Å². The van der Waals surface area contributed by atoms with Crippen LogP contribution in [-0.2, 0) is 0 Å². The van der Waals surface area contributed by atoms with E-state index in [1.807, 2.05) is 43.3 Å². The highest BCUT2D eigenvalue weighted by Gasteiger charge is 2.39. The lowest BCUT2D eigenvalue weighted by atomic mass is 9.70. The zero-order valence-corrected chi connectivity index (χ0v) is 17.5. The van der Waals surface area contributed by atoms with Crippen LogP contribution < -0.4 is 15.4 Å². The summed E-state index contributed by atoms with van der Waals surface area (Å²) in [6.07, 6.45) is 4.52. The summed E-state index contributed by atoms with van der Waals surface area (Å²) in [5.41, 5.74) is 5.84. The zero-order chi connectivity index (χ0) is 21.1. The number of ether oxygens (including phenoxy) is 1. The average Bonchev–Trinajstić information content (AvgIpc) is 3.04. The van der Waals surface area contributed by atoms with Crippen molar-refractivity contribution in [2.24, 2.45) is 5.92 Å². The molecule has 4 rings (SSSR count). The summed E-state index contributed by atoms with van der Waals surface area (Å²) in [5.74, 6) is 1.57. The van der Waals surface area contributed by atoms with E-state index < -0.39 is 0 Å². The lowest BCUT2D eigenvalue weighted by molar-refractivity contribution is 0.252. The van der Waals surface area contributed by atoms with Crippen molar-refractivity contribution in [1.82, 2.24) is 5.32 Å². The Morgan fingerprint density at radius 3 is 2.57 bits per heavy atom. The smallest absolute Gasteiger partial charge is 0.319 e. The Morgan fingerprint density at radius 2 is 1.97 bits per heavy atom. The highest BCUT2D eigenvalue weighted by atomic mass is 16.5. The number of benzene rings is 2. The molecular weight excluding hydrogens is 374 g/mol. The van der Waals surface area contributed by atoms with Crippen LogP contribution in [0.5, 0.6) is 5.75 Å². The van der Waals surface area contributed by atoms with Gasteiger partial charge < -0.3 is 15.4 Å². The first kappa shape index (κ1) is 20.0. The first-order valence-electron chi connectivity index (χ1n) is 10.6. The largest absolute Gasteiger partial charge is 0.497 e. The van der Waals surface area contributed by atoms with Crippen molar-refractivity contribution < 1.29 is 9.53 Å². The SMILES string of the molecule is CCCNC(=O)Nc1ccc(C2=C(C#N)c3cc(OC)ccc3C2C2CCC2)cc1. The molecule has 1 atom stereocenters. The first-order chi connectivity index (χ1) is 14.7. The van der Waals surface area contributed by atoms with Crippen molar-refractivity contribution in [1.29, 1.82) is 5.26 Å². The second-order valence-corrected chi connectivity index (χ2v) is 7.98. The van der Waals surface area contributed by atoms with E-state index in [9.17, 15) is 10.1 Å². The number of nitriles is 1. The molecule has 0 heterocycles. The summed E-state index contributed by atoms with van der Waals surface area (Å²) in [6, 6.07) is 16.2. The summed E-state index contributed by atoms with van der Waals surface area (Å²) in [6.45, 7) is 2.66. The van der Waals surface area contributed by atoms with Gasteiger partial charge in [-0.25, -0.2) is 4.79 Å². The minimum Gasteiger partial charge on any atom is -0.497 e. The van der Waals surface area contributed by atoms with Gasteiger partial charge in [0.2, 0.25) is 0 Å². The van der Waals surface area contributed by atoms with Gasteiger partial charge in [0.05, 0.1) is 12.7 Å². The van der Waals surface area contributed by atoms with Gasteiger partial charge in [0.15, 0.2) is 0 Å². The minimum absolute atomic E-state index is 0.200. The maximum atomic E-state index is 11.9. The molecule has 2 N–H and O–H groups in total. The number of hydrogen-bond donors (Lipinski definition) is 2. The van der Waals surface area contributed by atoms with Gasteiger partial charge in [0, 0.05) is 23.7 Å². The van der Waals surface area contributed by atoms with E-state index in [1.54, 1.807) is 7.11 Å². The molecule has 0 aromatic heterocycles. The van der Waals surface area contributed by atoms with Gasteiger partial charge >= 0.3 is 6.03 Å². The van der Waals surface area contributed by atoms with E-state index in [0.717, 1.165) is 40.1 Å². The number of nitrogens with one attached hydrogen (secondary N) is 2. The third-order valence-corrected chi connectivity index (χ3v) is 6.17. The van der Waals surface area contributed by atoms with Crippen molar-refractivity contribution in [3.8, 4) is 11.8 Å². The molecule has 5 nitrogen and oxygen atoms in total. The van der Waals surface area contributed by atoms with Crippen molar-refractivity contribution in [3.05, 3.63) is 59.2 Å². The fraction of sp³-hybridized carbons (Fsp3) is 0.360. The molecule has 1 fully saturated rings. The van der Waals surface area contributed by atoms with Crippen LogP contribution in [0, 0.1) is 17.2 Å². The number of methoxy groups -OCH3 is 1. The molecule has 0 spiro atoms. The van der Waals surface area contributed by atoms with Crippen LogP contribution in [0.2, 0.25) is 0 Å². The Hall–Kier alpha value is -3.26. The number of nitrogens with zero attached hydrogens (tertiary/aromatic N) is 1. The molecule has 1 unspecified atom stereocenters. The predicted molar refractivity (Wildman–Crippen MR) is 119 cm³/mol. The fourth-order valence-electron chi connectivity index (χ4n) is 4.46. The molecule has 0 aliphatic heterocycles. The van der Waals surface area contributed by atoms with E-state index in [-0.39, 0.29) is 11.9 Å². The Balaban J connectivity index is 1.68. The lowest BCUT2D eigenvalue weighted by Gasteiger charge is -2.34. The molecule has 2 amide bonds. The molecule has 2 aromatic carbocycles. The van der Waals surface area contributed by atoms with Gasteiger partial charge in [-0.2, -0.15) is 5.26 Å². The molecular formula is C25H27N3O2. The van der Waals surface area contributed by atoms with Gasteiger partial charge in [0.25, 0.3) is 0 Å². The van der Waals surface area contributed by atoms with Crippen LogP contribution in [0.3, 0.4) is 0 Å². The van der Waals surface area contributed by atoms with Gasteiger partial charge in [-0.1, -0.05) is 31.5 Å². The Bertz CT molecular complexity index is 1010. The molecule has 0 saturated heterocycles. The van der Waals surface area contributed by atoms with E-state index in [1.165, 1.54) is 24.8 Å². The second kappa shape index (κ2) is 8.62. The number of anilines is 1. The number of carbonyl (C=O) groups is 1. The summed E-state index contributed by atoms with van der Waals surface area (Å²) in [5, 5.41) is 15.7. The number of allylic oxidation sites excluding steroid dienone is 2. The molecule has 30 heavy (non-hydrogen) atoms. The van der Waals surface area contributed by atoms with Crippen LogP contribution in [-0.4, -0.2) is 19.7 Å². The van der Waals surface area contributed by atoms with E-state index in [4.69, 9.17) is 4.74 Å². The average molecular weight is 402 g/mol. The summed E-state index contributed by atoms with van der Waals surface area (Å²) in [7, 11) is 1.65. The Labute approximate surface area is 177 Å². The number of hydrogen-bond acceptors (Lipinski definition) is 3. The number of urea groups is 1. The van der Waals surface area contributed by atoms with Crippen LogP contribution in [0.25, 0.3) is 11.1 Å². The quantitative estimate of drug-likeness (QED) is 0.666. The van der Waals surface area contributed by atoms with E-state index in [0.29, 0.717) is 12.5 Å². The maximum Gasteiger partial charge on any atom is 0.319 e. The molecule has 154 valence electrons. The van der Waals surface area contributed by atoms with E-state index >= 15 is 0 Å². The van der Waals surface area contributed by atoms with Gasteiger partial charge in [0.1, 0.15) is 11.8 Å². The molecule has 0 bridgehead atoms. The Morgan fingerprint density at radius 1 is 1.20 bits per heavy atom. The zero-order valence-electron chi connectivity index (χ0n) is 17.5. The molecule has 0 radical (unpaired) electrons. The number of carbonyl (C=O) groups excluding carboxylic acids is 1. The van der Waals surface area contributed by atoms with Crippen LogP contribution in [0.1, 0.15) is 55.2 Å². The maximum absolute atomic E-state index is 11.9. The highest BCUT2D eigenvalue weighted by Crippen LogP contribution is 2.55. The number of amides is 2. The topological polar surface area (TPSA) is 74.2 Å².